The highest BCUT2D eigenvalue weighted by Gasteiger charge is 2.28. The van der Waals surface area contributed by atoms with Gasteiger partial charge < -0.3 is 9.42 Å². The van der Waals surface area contributed by atoms with Gasteiger partial charge in [0.25, 0.3) is 0 Å². The zero-order valence-electron chi connectivity index (χ0n) is 16.7. The van der Waals surface area contributed by atoms with Gasteiger partial charge in [0.05, 0.1) is 11.4 Å². The molecular weight excluding hydrogens is 380 g/mol. The number of benzene rings is 1. The molecule has 1 aromatic heterocycles. The summed E-state index contributed by atoms with van der Waals surface area (Å²) in [4.78, 5) is 18.0. The molecule has 1 aromatic carbocycles. The van der Waals surface area contributed by atoms with Crippen LogP contribution in [0.5, 0.6) is 0 Å². The van der Waals surface area contributed by atoms with Crippen LogP contribution in [0.25, 0.3) is 0 Å². The van der Waals surface area contributed by atoms with E-state index in [9.17, 15) is 13.2 Å². The zero-order valence-corrected chi connectivity index (χ0v) is 17.5. The quantitative estimate of drug-likeness (QED) is 0.732. The lowest BCUT2D eigenvalue weighted by molar-refractivity contribution is -0.116. The molecule has 0 unspecified atom stereocenters. The van der Waals surface area contributed by atoms with Crippen LogP contribution in [0.15, 0.2) is 27.6 Å². The van der Waals surface area contributed by atoms with Gasteiger partial charge in [-0.3, -0.25) is 4.79 Å². The van der Waals surface area contributed by atoms with Crippen molar-refractivity contribution < 1.29 is 17.7 Å². The third-order valence-electron chi connectivity index (χ3n) is 4.85. The van der Waals surface area contributed by atoms with Gasteiger partial charge >= 0.3 is 0 Å². The van der Waals surface area contributed by atoms with Crippen molar-refractivity contribution in [1.29, 1.82) is 0 Å². The van der Waals surface area contributed by atoms with E-state index in [1.165, 1.54) is 11.2 Å². The maximum absolute atomic E-state index is 13.2. The van der Waals surface area contributed by atoms with E-state index in [0.717, 1.165) is 24.1 Å². The van der Waals surface area contributed by atoms with Crippen LogP contribution in [0.4, 0.5) is 5.69 Å². The molecule has 0 saturated carbocycles. The molecule has 2 aromatic rings. The second-order valence-electron chi connectivity index (χ2n) is 7.20. The SMILES string of the molecule is CCN(Cc1nc(C(C)C)no1)S(=O)(=O)c1ccc2c(c1)CCCN2C(C)=O. The average Bonchev–Trinajstić information content (AvgIpc) is 3.14. The summed E-state index contributed by atoms with van der Waals surface area (Å²) in [6, 6.07) is 4.96. The number of rotatable bonds is 6. The predicted molar refractivity (Wildman–Crippen MR) is 104 cm³/mol. The van der Waals surface area contributed by atoms with Crippen molar-refractivity contribution in [3.05, 3.63) is 35.5 Å². The number of nitrogens with zero attached hydrogens (tertiary/aromatic N) is 4. The van der Waals surface area contributed by atoms with Crippen molar-refractivity contribution >= 4 is 21.6 Å². The van der Waals surface area contributed by atoms with Crippen LogP contribution in [-0.2, 0) is 27.8 Å². The van der Waals surface area contributed by atoms with Crippen LogP contribution in [0.3, 0.4) is 0 Å². The van der Waals surface area contributed by atoms with Gasteiger partial charge in [-0.15, -0.1) is 0 Å². The van der Waals surface area contributed by atoms with Crippen molar-refractivity contribution in [3.63, 3.8) is 0 Å². The lowest BCUT2D eigenvalue weighted by Crippen LogP contribution is -2.34. The largest absolute Gasteiger partial charge is 0.338 e. The molecule has 0 spiro atoms. The van der Waals surface area contributed by atoms with Crippen molar-refractivity contribution in [2.24, 2.45) is 0 Å². The van der Waals surface area contributed by atoms with Crippen LogP contribution in [0.2, 0.25) is 0 Å². The van der Waals surface area contributed by atoms with Crippen LogP contribution < -0.4 is 4.90 Å². The first-order valence-electron chi connectivity index (χ1n) is 9.47. The number of fused-ring (bicyclic) bond motifs is 1. The first-order chi connectivity index (χ1) is 13.2. The predicted octanol–water partition coefficient (Wildman–Crippen LogP) is 2.70. The molecule has 1 aliphatic heterocycles. The van der Waals surface area contributed by atoms with E-state index >= 15 is 0 Å². The number of anilines is 1. The molecule has 1 amide bonds. The summed E-state index contributed by atoms with van der Waals surface area (Å²) < 4.78 is 32.9. The van der Waals surface area contributed by atoms with E-state index < -0.39 is 10.0 Å². The summed E-state index contributed by atoms with van der Waals surface area (Å²) in [7, 11) is -3.73. The number of aryl methyl sites for hydroxylation is 1. The Labute approximate surface area is 165 Å². The van der Waals surface area contributed by atoms with Crippen molar-refractivity contribution in [3.8, 4) is 0 Å². The minimum absolute atomic E-state index is 0.0230. The molecule has 9 heteroatoms. The Morgan fingerprint density at radius 3 is 2.71 bits per heavy atom. The number of aromatic nitrogens is 2. The van der Waals surface area contributed by atoms with E-state index in [-0.39, 0.29) is 35.7 Å². The van der Waals surface area contributed by atoms with Gasteiger partial charge in [0.2, 0.25) is 21.8 Å². The van der Waals surface area contributed by atoms with Crippen LogP contribution in [-0.4, -0.2) is 41.9 Å². The minimum atomic E-state index is -3.73. The smallest absolute Gasteiger partial charge is 0.243 e. The summed E-state index contributed by atoms with van der Waals surface area (Å²) in [6.07, 6.45) is 1.56. The molecular formula is C19H26N4O4S. The van der Waals surface area contributed by atoms with E-state index in [4.69, 9.17) is 4.52 Å². The Morgan fingerprint density at radius 1 is 1.36 bits per heavy atom. The molecule has 0 aliphatic carbocycles. The molecule has 152 valence electrons. The summed E-state index contributed by atoms with van der Waals surface area (Å²) in [5.41, 5.74) is 1.66. The highest BCUT2D eigenvalue weighted by atomic mass is 32.2. The second-order valence-corrected chi connectivity index (χ2v) is 9.13. The molecule has 3 rings (SSSR count). The van der Waals surface area contributed by atoms with Gasteiger partial charge in [0.15, 0.2) is 5.82 Å². The molecule has 0 saturated heterocycles. The van der Waals surface area contributed by atoms with Gasteiger partial charge in [-0.05, 0) is 36.6 Å². The number of carbonyl (C=O) groups excluding carboxylic acids is 1. The standard InChI is InChI=1S/C19H26N4O4S/c1-5-22(12-18-20-19(13(2)3)21-27-18)28(25,26)16-8-9-17-15(11-16)7-6-10-23(17)14(4)24/h8-9,11,13H,5-7,10,12H2,1-4H3. The molecule has 0 N–H and O–H groups in total. The minimum Gasteiger partial charge on any atom is -0.338 e. The third-order valence-corrected chi connectivity index (χ3v) is 6.77. The van der Waals surface area contributed by atoms with E-state index in [2.05, 4.69) is 10.1 Å². The summed E-state index contributed by atoms with van der Waals surface area (Å²) in [5, 5.41) is 3.90. The number of amides is 1. The Kier molecular flexibility index (Phi) is 5.85. The fraction of sp³-hybridized carbons (Fsp3) is 0.526. The summed E-state index contributed by atoms with van der Waals surface area (Å²) in [5.74, 6) is 0.898. The van der Waals surface area contributed by atoms with E-state index in [1.54, 1.807) is 30.0 Å². The van der Waals surface area contributed by atoms with Crippen LogP contribution in [0.1, 0.15) is 57.3 Å². The number of carbonyl (C=O) groups is 1. The lowest BCUT2D eigenvalue weighted by atomic mass is 10.0. The fourth-order valence-electron chi connectivity index (χ4n) is 3.29. The van der Waals surface area contributed by atoms with Gasteiger partial charge in [0, 0.05) is 31.6 Å². The Morgan fingerprint density at radius 2 is 2.11 bits per heavy atom. The van der Waals surface area contributed by atoms with Gasteiger partial charge in [-0.25, -0.2) is 8.42 Å². The fourth-order valence-corrected chi connectivity index (χ4v) is 4.74. The van der Waals surface area contributed by atoms with Crippen molar-refractivity contribution in [1.82, 2.24) is 14.4 Å². The maximum atomic E-state index is 13.2. The molecule has 0 bridgehead atoms. The maximum Gasteiger partial charge on any atom is 0.243 e. The molecule has 0 radical (unpaired) electrons. The molecule has 0 atom stereocenters. The molecule has 0 fully saturated rings. The zero-order chi connectivity index (χ0) is 20.5. The van der Waals surface area contributed by atoms with Gasteiger partial charge in [0.1, 0.15) is 0 Å². The molecule has 28 heavy (non-hydrogen) atoms. The monoisotopic (exact) mass is 406 g/mol. The average molecular weight is 407 g/mol. The van der Waals surface area contributed by atoms with Gasteiger partial charge in [-0.2, -0.15) is 9.29 Å². The van der Waals surface area contributed by atoms with Crippen LogP contribution >= 0.6 is 0 Å². The molecule has 8 nitrogen and oxygen atoms in total. The molecule has 2 heterocycles. The Balaban J connectivity index is 1.89. The third kappa shape index (κ3) is 3.95. The summed E-state index contributed by atoms with van der Waals surface area (Å²) in [6.45, 7) is 8.14. The van der Waals surface area contributed by atoms with Crippen LogP contribution in [0, 0.1) is 0 Å². The summed E-state index contributed by atoms with van der Waals surface area (Å²) >= 11 is 0. The number of hydrogen-bond acceptors (Lipinski definition) is 6. The van der Waals surface area contributed by atoms with E-state index in [1.807, 2.05) is 13.8 Å². The number of hydrogen-bond donors (Lipinski definition) is 0. The number of sulfonamides is 1. The first-order valence-corrected chi connectivity index (χ1v) is 10.9. The van der Waals surface area contributed by atoms with E-state index in [0.29, 0.717) is 12.4 Å². The highest BCUT2D eigenvalue weighted by Crippen LogP contribution is 2.30. The highest BCUT2D eigenvalue weighted by molar-refractivity contribution is 7.89. The topological polar surface area (TPSA) is 96.6 Å². The molecule has 1 aliphatic rings. The lowest BCUT2D eigenvalue weighted by Gasteiger charge is -2.29. The first kappa shape index (κ1) is 20.5. The van der Waals surface area contributed by atoms with Crippen molar-refractivity contribution in [2.45, 2.75) is 57.9 Å². The Bertz CT molecular complexity index is 968. The van der Waals surface area contributed by atoms with Crippen molar-refractivity contribution in [2.75, 3.05) is 18.0 Å². The normalized spacial score (nSPS) is 14.6. The Hall–Kier alpha value is -2.26. The van der Waals surface area contributed by atoms with Gasteiger partial charge in [-0.1, -0.05) is 25.9 Å². The second kappa shape index (κ2) is 8.00.